The predicted octanol–water partition coefficient (Wildman–Crippen LogP) is 3.39. The third-order valence-electron chi connectivity index (χ3n) is 3.08. The number of fused-ring (bicyclic) bond motifs is 1. The van der Waals surface area contributed by atoms with E-state index in [1.807, 2.05) is 30.6 Å². The molecule has 0 saturated carbocycles. The molecule has 3 aromatic rings. The van der Waals surface area contributed by atoms with Gasteiger partial charge in [0.05, 0.1) is 19.9 Å². The van der Waals surface area contributed by atoms with Crippen molar-refractivity contribution >= 4 is 16.3 Å². The Kier molecular flexibility index (Phi) is 2.91. The third kappa shape index (κ3) is 1.86. The van der Waals surface area contributed by atoms with E-state index in [1.165, 1.54) is 4.88 Å². The van der Waals surface area contributed by atoms with Gasteiger partial charge in [-0.05, 0) is 25.1 Å². The molecule has 0 N–H and O–H groups in total. The number of thiazole rings is 1. The number of rotatable bonds is 3. The molecule has 4 nitrogen and oxygen atoms in total. The van der Waals surface area contributed by atoms with Crippen LogP contribution in [-0.2, 0) is 0 Å². The van der Waals surface area contributed by atoms with Crippen LogP contribution in [0.1, 0.15) is 4.88 Å². The Balaban J connectivity index is 2.21. The SMILES string of the molecule is COc1ccc(-c2c(C)sc3nccn23)cc1OC. The molecule has 2 aromatic heterocycles. The van der Waals surface area contributed by atoms with Gasteiger partial charge in [0.15, 0.2) is 16.5 Å². The van der Waals surface area contributed by atoms with Gasteiger partial charge in [0.1, 0.15) is 0 Å². The fourth-order valence-corrected chi connectivity index (χ4v) is 3.17. The van der Waals surface area contributed by atoms with Crippen molar-refractivity contribution in [2.45, 2.75) is 6.92 Å². The summed E-state index contributed by atoms with van der Waals surface area (Å²) in [5, 5.41) is 0. The van der Waals surface area contributed by atoms with E-state index in [4.69, 9.17) is 9.47 Å². The maximum atomic E-state index is 5.36. The largest absolute Gasteiger partial charge is 0.493 e. The molecular weight excluding hydrogens is 260 g/mol. The normalized spacial score (nSPS) is 10.9. The Hall–Kier alpha value is -2.01. The Morgan fingerprint density at radius 3 is 2.68 bits per heavy atom. The number of nitrogens with zero attached hydrogens (tertiary/aromatic N) is 2. The number of hydrogen-bond donors (Lipinski definition) is 0. The summed E-state index contributed by atoms with van der Waals surface area (Å²) in [6, 6.07) is 5.96. The summed E-state index contributed by atoms with van der Waals surface area (Å²) in [4.78, 5) is 6.56. The van der Waals surface area contributed by atoms with Crippen molar-refractivity contribution in [1.82, 2.24) is 9.38 Å². The summed E-state index contributed by atoms with van der Waals surface area (Å²) in [6.45, 7) is 2.10. The molecule has 0 amide bonds. The van der Waals surface area contributed by atoms with Crippen molar-refractivity contribution < 1.29 is 9.47 Å². The number of hydrogen-bond acceptors (Lipinski definition) is 4. The second kappa shape index (κ2) is 4.59. The summed E-state index contributed by atoms with van der Waals surface area (Å²) in [6.07, 6.45) is 3.79. The molecule has 0 aliphatic carbocycles. The predicted molar refractivity (Wildman–Crippen MR) is 76.3 cm³/mol. The van der Waals surface area contributed by atoms with E-state index >= 15 is 0 Å². The minimum atomic E-state index is 0.735. The number of aromatic nitrogens is 2. The monoisotopic (exact) mass is 274 g/mol. The van der Waals surface area contributed by atoms with Crippen LogP contribution in [0.25, 0.3) is 16.2 Å². The Morgan fingerprint density at radius 2 is 1.95 bits per heavy atom. The second-order valence-electron chi connectivity index (χ2n) is 4.16. The van der Waals surface area contributed by atoms with Gasteiger partial charge in [-0.25, -0.2) is 4.98 Å². The Morgan fingerprint density at radius 1 is 1.16 bits per heavy atom. The number of imidazole rings is 1. The lowest BCUT2D eigenvalue weighted by atomic mass is 10.1. The number of methoxy groups -OCH3 is 2. The maximum Gasteiger partial charge on any atom is 0.194 e. The van der Waals surface area contributed by atoms with Crippen LogP contribution >= 0.6 is 11.3 Å². The van der Waals surface area contributed by atoms with Crippen LogP contribution in [0.2, 0.25) is 0 Å². The molecule has 0 aliphatic heterocycles. The highest BCUT2D eigenvalue weighted by molar-refractivity contribution is 7.17. The zero-order valence-electron chi connectivity index (χ0n) is 11.0. The molecule has 0 spiro atoms. The first-order chi connectivity index (χ1) is 9.24. The highest BCUT2D eigenvalue weighted by Crippen LogP contribution is 2.36. The van der Waals surface area contributed by atoms with E-state index in [2.05, 4.69) is 16.3 Å². The lowest BCUT2D eigenvalue weighted by Crippen LogP contribution is -1.92. The molecule has 0 radical (unpaired) electrons. The van der Waals surface area contributed by atoms with Gasteiger partial charge in [-0.3, -0.25) is 4.40 Å². The number of benzene rings is 1. The molecule has 0 aliphatic rings. The number of ether oxygens (including phenoxy) is 2. The van der Waals surface area contributed by atoms with Crippen LogP contribution in [0.3, 0.4) is 0 Å². The van der Waals surface area contributed by atoms with Crippen LogP contribution in [0.4, 0.5) is 0 Å². The smallest absolute Gasteiger partial charge is 0.194 e. The summed E-state index contributed by atoms with van der Waals surface area (Å²) < 4.78 is 12.7. The van der Waals surface area contributed by atoms with Gasteiger partial charge in [-0.15, -0.1) is 11.3 Å². The van der Waals surface area contributed by atoms with Gasteiger partial charge in [-0.1, -0.05) is 0 Å². The van der Waals surface area contributed by atoms with Gasteiger partial charge in [0, 0.05) is 22.8 Å². The molecule has 19 heavy (non-hydrogen) atoms. The lowest BCUT2D eigenvalue weighted by Gasteiger charge is -2.09. The fraction of sp³-hybridized carbons (Fsp3) is 0.214. The second-order valence-corrected chi connectivity index (χ2v) is 5.34. The van der Waals surface area contributed by atoms with Crippen molar-refractivity contribution in [3.8, 4) is 22.8 Å². The summed E-state index contributed by atoms with van der Waals surface area (Å²) in [7, 11) is 3.29. The zero-order valence-corrected chi connectivity index (χ0v) is 11.8. The molecule has 0 saturated heterocycles. The standard InChI is InChI=1S/C14H14N2O2S/c1-9-13(16-7-6-15-14(16)19-9)10-4-5-11(17-2)12(8-10)18-3/h4-8H,1-3H3. The van der Waals surface area contributed by atoms with Gasteiger partial charge in [0.25, 0.3) is 0 Å². The van der Waals surface area contributed by atoms with E-state index in [0.29, 0.717) is 0 Å². The van der Waals surface area contributed by atoms with Gasteiger partial charge < -0.3 is 9.47 Å². The minimum absolute atomic E-state index is 0.735. The van der Waals surface area contributed by atoms with Crippen molar-refractivity contribution in [2.24, 2.45) is 0 Å². The highest BCUT2D eigenvalue weighted by Gasteiger charge is 2.13. The average molecular weight is 274 g/mol. The topological polar surface area (TPSA) is 35.8 Å². The highest BCUT2D eigenvalue weighted by atomic mass is 32.1. The van der Waals surface area contributed by atoms with Crippen LogP contribution in [0, 0.1) is 6.92 Å². The van der Waals surface area contributed by atoms with Crippen molar-refractivity contribution in [3.63, 3.8) is 0 Å². The molecule has 0 atom stereocenters. The van der Waals surface area contributed by atoms with Gasteiger partial charge >= 0.3 is 0 Å². The fourth-order valence-electron chi connectivity index (χ4n) is 2.22. The first-order valence-corrected chi connectivity index (χ1v) is 6.71. The van der Waals surface area contributed by atoms with Crippen LogP contribution in [0.5, 0.6) is 11.5 Å². The molecule has 5 heteroatoms. The van der Waals surface area contributed by atoms with Gasteiger partial charge in [-0.2, -0.15) is 0 Å². The zero-order chi connectivity index (χ0) is 13.4. The van der Waals surface area contributed by atoms with Crippen LogP contribution < -0.4 is 9.47 Å². The summed E-state index contributed by atoms with van der Waals surface area (Å²) in [5.41, 5.74) is 2.25. The van der Waals surface area contributed by atoms with Crippen molar-refractivity contribution in [1.29, 1.82) is 0 Å². The Labute approximate surface area is 115 Å². The van der Waals surface area contributed by atoms with Crippen molar-refractivity contribution in [2.75, 3.05) is 14.2 Å². The minimum Gasteiger partial charge on any atom is -0.493 e. The quantitative estimate of drug-likeness (QED) is 0.734. The lowest BCUT2D eigenvalue weighted by molar-refractivity contribution is 0.355. The van der Waals surface area contributed by atoms with Crippen LogP contribution in [-0.4, -0.2) is 23.6 Å². The first kappa shape index (κ1) is 12.0. The molecule has 0 unspecified atom stereocenters. The van der Waals surface area contributed by atoms with E-state index < -0.39 is 0 Å². The summed E-state index contributed by atoms with van der Waals surface area (Å²) in [5.74, 6) is 1.47. The Bertz CT molecular complexity index is 730. The van der Waals surface area contributed by atoms with E-state index in [1.54, 1.807) is 25.6 Å². The van der Waals surface area contributed by atoms with E-state index in [0.717, 1.165) is 27.7 Å². The molecule has 2 heterocycles. The average Bonchev–Trinajstić information content (AvgIpc) is 2.97. The summed E-state index contributed by atoms with van der Waals surface area (Å²) >= 11 is 1.68. The maximum absolute atomic E-state index is 5.36. The molecule has 3 rings (SSSR count). The molecular formula is C14H14N2O2S. The molecule has 1 aromatic carbocycles. The molecule has 0 fully saturated rings. The molecule has 98 valence electrons. The van der Waals surface area contributed by atoms with E-state index in [-0.39, 0.29) is 0 Å². The van der Waals surface area contributed by atoms with Gasteiger partial charge in [0.2, 0.25) is 0 Å². The van der Waals surface area contributed by atoms with Crippen molar-refractivity contribution in [3.05, 3.63) is 35.5 Å². The first-order valence-electron chi connectivity index (χ1n) is 5.89. The third-order valence-corrected chi connectivity index (χ3v) is 4.07. The number of aryl methyl sites for hydroxylation is 1. The van der Waals surface area contributed by atoms with E-state index in [9.17, 15) is 0 Å². The molecule has 0 bridgehead atoms. The van der Waals surface area contributed by atoms with Crippen LogP contribution in [0.15, 0.2) is 30.6 Å².